The number of nitrogens with zero attached hydrogens (tertiary/aromatic N) is 1. The van der Waals surface area contributed by atoms with Gasteiger partial charge in [0.1, 0.15) is 5.54 Å². The highest BCUT2D eigenvalue weighted by Gasteiger charge is 2.43. The second kappa shape index (κ2) is 3.70. The molecule has 0 aromatic carbocycles. The number of rotatable bonds is 1. The number of likely N-dealkylation sites (tertiary alicyclic amines) is 1. The van der Waals surface area contributed by atoms with Crippen molar-refractivity contribution in [2.24, 2.45) is 0 Å². The molecular formula is C10H13NO3. The van der Waals surface area contributed by atoms with E-state index in [0.29, 0.717) is 13.0 Å². The molecule has 1 aliphatic heterocycles. The second-order valence-corrected chi connectivity index (χ2v) is 3.64. The van der Waals surface area contributed by atoms with E-state index in [4.69, 9.17) is 11.5 Å². The predicted octanol–water partition coefficient (Wildman–Crippen LogP) is 0.475. The van der Waals surface area contributed by atoms with Gasteiger partial charge in [-0.1, -0.05) is 0 Å². The summed E-state index contributed by atoms with van der Waals surface area (Å²) in [6.07, 6.45) is 7.09. The lowest BCUT2D eigenvalue weighted by Crippen LogP contribution is -2.57. The van der Waals surface area contributed by atoms with Crippen LogP contribution in [0.25, 0.3) is 0 Å². The number of piperidine rings is 1. The lowest BCUT2D eigenvalue weighted by atomic mass is 9.88. The molecule has 0 saturated carbocycles. The first-order valence-electron chi connectivity index (χ1n) is 4.54. The third-order valence-corrected chi connectivity index (χ3v) is 2.72. The van der Waals surface area contributed by atoms with Crippen LogP contribution in [-0.2, 0) is 9.59 Å². The Morgan fingerprint density at radius 2 is 2.14 bits per heavy atom. The van der Waals surface area contributed by atoms with Crippen LogP contribution in [0.4, 0.5) is 0 Å². The summed E-state index contributed by atoms with van der Waals surface area (Å²) in [4.78, 5) is 23.6. The van der Waals surface area contributed by atoms with Crippen molar-refractivity contribution in [3.63, 3.8) is 0 Å². The first-order valence-corrected chi connectivity index (χ1v) is 4.54. The molecule has 1 amide bonds. The van der Waals surface area contributed by atoms with E-state index in [1.54, 1.807) is 6.92 Å². The van der Waals surface area contributed by atoms with Crippen LogP contribution >= 0.6 is 0 Å². The largest absolute Gasteiger partial charge is 0.480 e. The van der Waals surface area contributed by atoms with Crippen LogP contribution in [0.1, 0.15) is 26.2 Å². The van der Waals surface area contributed by atoms with Gasteiger partial charge in [0.05, 0.1) is 0 Å². The molecule has 4 nitrogen and oxygen atoms in total. The van der Waals surface area contributed by atoms with Crippen LogP contribution in [0.2, 0.25) is 0 Å². The Morgan fingerprint density at radius 1 is 1.50 bits per heavy atom. The van der Waals surface area contributed by atoms with Crippen LogP contribution in [0.15, 0.2) is 0 Å². The van der Waals surface area contributed by atoms with Gasteiger partial charge >= 0.3 is 5.97 Å². The van der Waals surface area contributed by atoms with Crippen LogP contribution < -0.4 is 0 Å². The number of hydrogen-bond donors (Lipinski definition) is 1. The van der Waals surface area contributed by atoms with Gasteiger partial charge in [0.15, 0.2) is 0 Å². The predicted molar refractivity (Wildman–Crippen MR) is 50.4 cm³/mol. The molecule has 1 rings (SSSR count). The fourth-order valence-electron chi connectivity index (χ4n) is 1.75. The summed E-state index contributed by atoms with van der Waals surface area (Å²) in [5.74, 6) is 0.450. The molecule has 1 saturated heterocycles. The highest BCUT2D eigenvalue weighted by molar-refractivity contribution is 5.96. The summed E-state index contributed by atoms with van der Waals surface area (Å²) in [5.41, 5.74) is -1.12. The molecule has 14 heavy (non-hydrogen) atoms. The van der Waals surface area contributed by atoms with Crippen LogP contribution in [0.3, 0.4) is 0 Å². The summed E-state index contributed by atoms with van der Waals surface area (Å²) in [6, 6.07) is 0. The van der Waals surface area contributed by atoms with Crippen molar-refractivity contribution in [2.75, 3.05) is 6.54 Å². The van der Waals surface area contributed by atoms with Gasteiger partial charge < -0.3 is 10.0 Å². The number of carboxylic acids is 1. The van der Waals surface area contributed by atoms with E-state index in [1.165, 1.54) is 4.90 Å². The zero-order chi connectivity index (χ0) is 10.8. The fourth-order valence-corrected chi connectivity index (χ4v) is 1.75. The summed E-state index contributed by atoms with van der Waals surface area (Å²) >= 11 is 0. The SMILES string of the molecule is C#CC(=O)N1CCCCC1(C)C(=O)O. The van der Waals surface area contributed by atoms with Crippen molar-refractivity contribution in [3.8, 4) is 12.3 Å². The summed E-state index contributed by atoms with van der Waals surface area (Å²) < 4.78 is 0. The zero-order valence-electron chi connectivity index (χ0n) is 8.12. The smallest absolute Gasteiger partial charge is 0.329 e. The maximum atomic E-state index is 11.3. The number of amides is 1. The quantitative estimate of drug-likeness (QED) is 0.619. The standard InChI is InChI=1S/C10H13NO3/c1-3-8(12)11-7-5-4-6-10(11,2)9(13)14/h1H,4-7H2,2H3,(H,13,14). The highest BCUT2D eigenvalue weighted by Crippen LogP contribution is 2.27. The van der Waals surface area contributed by atoms with E-state index in [9.17, 15) is 9.59 Å². The number of aliphatic carboxylic acids is 1. The fraction of sp³-hybridized carbons (Fsp3) is 0.600. The number of hydrogen-bond acceptors (Lipinski definition) is 2. The van der Waals surface area contributed by atoms with Crippen molar-refractivity contribution in [1.29, 1.82) is 0 Å². The molecule has 0 spiro atoms. The molecule has 1 fully saturated rings. The molecule has 0 aromatic heterocycles. The average Bonchev–Trinajstić information content (AvgIpc) is 2.17. The van der Waals surface area contributed by atoms with Gasteiger partial charge in [-0.15, -0.1) is 6.42 Å². The van der Waals surface area contributed by atoms with Gasteiger partial charge in [-0.05, 0) is 32.1 Å². The maximum absolute atomic E-state index is 11.3. The van der Waals surface area contributed by atoms with E-state index in [-0.39, 0.29) is 0 Å². The molecule has 1 aliphatic rings. The van der Waals surface area contributed by atoms with Crippen LogP contribution in [-0.4, -0.2) is 34.0 Å². The van der Waals surface area contributed by atoms with Crippen molar-refractivity contribution >= 4 is 11.9 Å². The molecule has 1 N–H and O–H groups in total. The molecule has 1 atom stereocenters. The molecular weight excluding hydrogens is 182 g/mol. The van der Waals surface area contributed by atoms with Gasteiger partial charge in [-0.2, -0.15) is 0 Å². The van der Waals surface area contributed by atoms with Crippen LogP contribution in [0.5, 0.6) is 0 Å². The van der Waals surface area contributed by atoms with Gasteiger partial charge in [0, 0.05) is 6.54 Å². The average molecular weight is 195 g/mol. The Bertz CT molecular complexity index is 305. The normalized spacial score (nSPS) is 26.7. The van der Waals surface area contributed by atoms with E-state index in [2.05, 4.69) is 0 Å². The first kappa shape index (κ1) is 10.6. The minimum Gasteiger partial charge on any atom is -0.480 e. The monoisotopic (exact) mass is 195 g/mol. The van der Waals surface area contributed by atoms with Gasteiger partial charge in [0.2, 0.25) is 0 Å². The molecule has 76 valence electrons. The molecule has 1 heterocycles. The topological polar surface area (TPSA) is 57.6 Å². The van der Waals surface area contributed by atoms with Crippen molar-refractivity contribution in [1.82, 2.24) is 4.90 Å². The van der Waals surface area contributed by atoms with Crippen molar-refractivity contribution in [3.05, 3.63) is 0 Å². The summed E-state index contributed by atoms with van der Waals surface area (Å²) in [7, 11) is 0. The number of carboxylic acid groups (broad SMARTS) is 1. The zero-order valence-corrected chi connectivity index (χ0v) is 8.12. The molecule has 0 aliphatic carbocycles. The lowest BCUT2D eigenvalue weighted by molar-refractivity contribution is -0.158. The molecule has 1 unspecified atom stereocenters. The lowest BCUT2D eigenvalue weighted by Gasteiger charge is -2.40. The van der Waals surface area contributed by atoms with Gasteiger partial charge in [-0.25, -0.2) is 4.79 Å². The van der Waals surface area contributed by atoms with E-state index >= 15 is 0 Å². The first-order chi connectivity index (χ1) is 6.52. The summed E-state index contributed by atoms with van der Waals surface area (Å²) in [6.45, 7) is 1.98. The number of carbonyl (C=O) groups is 2. The number of terminal acetylenes is 1. The Labute approximate surface area is 82.9 Å². The molecule has 0 radical (unpaired) electrons. The Balaban J connectivity index is 2.96. The molecule has 4 heteroatoms. The third kappa shape index (κ3) is 1.58. The highest BCUT2D eigenvalue weighted by atomic mass is 16.4. The van der Waals surface area contributed by atoms with Crippen LogP contribution in [0, 0.1) is 12.3 Å². The van der Waals surface area contributed by atoms with Crippen molar-refractivity contribution < 1.29 is 14.7 Å². The van der Waals surface area contributed by atoms with E-state index < -0.39 is 17.4 Å². The second-order valence-electron chi connectivity index (χ2n) is 3.64. The van der Waals surface area contributed by atoms with Gasteiger partial charge in [-0.3, -0.25) is 4.79 Å². The van der Waals surface area contributed by atoms with Gasteiger partial charge in [0.25, 0.3) is 5.91 Å². The van der Waals surface area contributed by atoms with E-state index in [1.807, 2.05) is 5.92 Å². The molecule has 0 aromatic rings. The molecule has 0 bridgehead atoms. The Hall–Kier alpha value is -1.50. The third-order valence-electron chi connectivity index (χ3n) is 2.72. The Morgan fingerprint density at radius 3 is 2.64 bits per heavy atom. The number of carbonyl (C=O) groups excluding carboxylic acids is 1. The Kier molecular flexibility index (Phi) is 2.80. The minimum absolute atomic E-state index is 0.436. The van der Waals surface area contributed by atoms with Crippen molar-refractivity contribution in [2.45, 2.75) is 31.7 Å². The minimum atomic E-state index is -1.12. The summed E-state index contributed by atoms with van der Waals surface area (Å²) in [5, 5.41) is 9.05. The van der Waals surface area contributed by atoms with E-state index in [0.717, 1.165) is 12.8 Å². The maximum Gasteiger partial charge on any atom is 0.329 e.